The minimum atomic E-state index is -0.549. The van der Waals surface area contributed by atoms with Crippen LogP contribution in [-0.4, -0.2) is 13.0 Å². The summed E-state index contributed by atoms with van der Waals surface area (Å²) >= 11 is 5.86. The first kappa shape index (κ1) is 9.86. The van der Waals surface area contributed by atoms with Crippen LogP contribution in [0, 0.1) is 6.92 Å². The number of ether oxygens (including phenoxy) is 1. The highest BCUT2D eigenvalue weighted by Gasteiger charge is 2.10. The van der Waals surface area contributed by atoms with E-state index >= 15 is 0 Å². The van der Waals surface area contributed by atoms with Gasteiger partial charge in [0.15, 0.2) is 0 Å². The number of halogens is 1. The number of carbonyl (C=O) groups excluding carboxylic acids is 1. The minimum absolute atomic E-state index is 0.290. The molecule has 0 saturated heterocycles. The molecule has 4 heteroatoms. The van der Waals surface area contributed by atoms with E-state index in [1.54, 1.807) is 13.0 Å². The van der Waals surface area contributed by atoms with Crippen LogP contribution in [0.3, 0.4) is 0 Å². The number of nitrogens with two attached hydrogens (primary N) is 1. The lowest BCUT2D eigenvalue weighted by Gasteiger charge is -2.06. The molecule has 70 valence electrons. The lowest BCUT2D eigenvalue weighted by atomic mass is 10.1. The predicted octanol–water partition coefficient (Wildman–Crippen LogP) is 1.76. The number of primary amides is 1. The van der Waals surface area contributed by atoms with E-state index in [0.717, 1.165) is 5.56 Å². The summed E-state index contributed by atoms with van der Waals surface area (Å²) < 4.78 is 4.97. The van der Waals surface area contributed by atoms with Gasteiger partial charge in [0, 0.05) is 0 Å². The van der Waals surface area contributed by atoms with E-state index in [1.807, 2.05) is 0 Å². The third-order valence-corrected chi connectivity index (χ3v) is 2.23. The molecule has 0 fully saturated rings. The number of hydrogen-bond donors (Lipinski definition) is 1. The summed E-state index contributed by atoms with van der Waals surface area (Å²) in [7, 11) is 1.52. The summed E-state index contributed by atoms with van der Waals surface area (Å²) in [6.07, 6.45) is 0. The minimum Gasteiger partial charge on any atom is -0.497 e. The molecule has 0 aliphatic carbocycles. The molecule has 0 spiro atoms. The van der Waals surface area contributed by atoms with Gasteiger partial charge in [0.25, 0.3) is 0 Å². The maximum Gasteiger partial charge on any atom is 0.250 e. The second kappa shape index (κ2) is 3.66. The molecule has 13 heavy (non-hydrogen) atoms. The second-order valence-corrected chi connectivity index (χ2v) is 3.05. The number of rotatable bonds is 2. The molecule has 0 heterocycles. The molecule has 0 unspecified atom stereocenters. The Bertz CT molecular complexity index is 350. The zero-order valence-corrected chi connectivity index (χ0v) is 8.18. The maximum absolute atomic E-state index is 10.9. The molecule has 0 saturated carbocycles. The van der Waals surface area contributed by atoms with Crippen LogP contribution in [-0.2, 0) is 0 Å². The van der Waals surface area contributed by atoms with E-state index in [1.165, 1.54) is 13.2 Å². The van der Waals surface area contributed by atoms with Crippen molar-refractivity contribution >= 4 is 17.5 Å². The predicted molar refractivity (Wildman–Crippen MR) is 51.3 cm³/mol. The largest absolute Gasteiger partial charge is 0.497 e. The molecular formula is C9H10ClNO2. The first-order valence-corrected chi connectivity index (χ1v) is 4.08. The Balaban J connectivity index is 3.33. The number of benzene rings is 1. The quantitative estimate of drug-likeness (QED) is 0.789. The Morgan fingerprint density at radius 3 is 2.62 bits per heavy atom. The molecule has 1 rings (SSSR count). The number of amides is 1. The van der Waals surface area contributed by atoms with Gasteiger partial charge in [-0.05, 0) is 24.6 Å². The van der Waals surface area contributed by atoms with Gasteiger partial charge < -0.3 is 10.5 Å². The molecule has 0 radical (unpaired) electrons. The van der Waals surface area contributed by atoms with Crippen LogP contribution in [0.4, 0.5) is 0 Å². The van der Waals surface area contributed by atoms with Crippen LogP contribution in [0.15, 0.2) is 12.1 Å². The van der Waals surface area contributed by atoms with E-state index in [9.17, 15) is 4.79 Å². The Hall–Kier alpha value is -1.22. The van der Waals surface area contributed by atoms with Gasteiger partial charge in [0.2, 0.25) is 5.91 Å². The Labute approximate surface area is 81.4 Å². The monoisotopic (exact) mass is 199 g/mol. The average Bonchev–Trinajstić information content (AvgIpc) is 2.09. The standard InChI is InChI=1S/C9H10ClNO2/c1-5-3-6(13-2)4-7(8(5)10)9(11)12/h3-4H,1-2H3,(H2,11,12). The van der Waals surface area contributed by atoms with Gasteiger partial charge in [-0.15, -0.1) is 0 Å². The fraction of sp³-hybridized carbons (Fsp3) is 0.222. The first-order chi connectivity index (χ1) is 6.06. The number of methoxy groups -OCH3 is 1. The Morgan fingerprint density at radius 1 is 1.54 bits per heavy atom. The van der Waals surface area contributed by atoms with Crippen molar-refractivity contribution in [2.75, 3.05) is 7.11 Å². The van der Waals surface area contributed by atoms with E-state index in [-0.39, 0.29) is 0 Å². The van der Waals surface area contributed by atoms with Crippen molar-refractivity contribution in [2.24, 2.45) is 5.73 Å². The van der Waals surface area contributed by atoms with Crippen LogP contribution >= 0.6 is 11.6 Å². The molecule has 3 nitrogen and oxygen atoms in total. The van der Waals surface area contributed by atoms with Gasteiger partial charge in [-0.25, -0.2) is 0 Å². The van der Waals surface area contributed by atoms with Crippen molar-refractivity contribution in [2.45, 2.75) is 6.92 Å². The summed E-state index contributed by atoms with van der Waals surface area (Å²) in [5, 5.41) is 0.383. The van der Waals surface area contributed by atoms with Crippen molar-refractivity contribution in [3.05, 3.63) is 28.3 Å². The SMILES string of the molecule is COc1cc(C)c(Cl)c(C(N)=O)c1. The number of hydrogen-bond acceptors (Lipinski definition) is 2. The van der Waals surface area contributed by atoms with Crippen molar-refractivity contribution in [1.82, 2.24) is 0 Å². The number of carbonyl (C=O) groups is 1. The average molecular weight is 200 g/mol. The molecule has 0 atom stereocenters. The molecule has 0 aliphatic heterocycles. The molecule has 0 bridgehead atoms. The van der Waals surface area contributed by atoms with Crippen LogP contribution in [0.2, 0.25) is 5.02 Å². The Morgan fingerprint density at radius 2 is 2.15 bits per heavy atom. The van der Waals surface area contributed by atoms with Gasteiger partial charge in [0.1, 0.15) is 5.75 Å². The van der Waals surface area contributed by atoms with Crippen molar-refractivity contribution in [1.29, 1.82) is 0 Å². The van der Waals surface area contributed by atoms with Gasteiger partial charge in [-0.2, -0.15) is 0 Å². The molecule has 1 aromatic rings. The van der Waals surface area contributed by atoms with Crippen molar-refractivity contribution < 1.29 is 9.53 Å². The van der Waals surface area contributed by atoms with Gasteiger partial charge >= 0.3 is 0 Å². The molecule has 0 aromatic heterocycles. The normalized spacial score (nSPS) is 9.77. The third kappa shape index (κ3) is 1.92. The van der Waals surface area contributed by atoms with Crippen LogP contribution in [0.1, 0.15) is 15.9 Å². The van der Waals surface area contributed by atoms with Crippen molar-refractivity contribution in [3.63, 3.8) is 0 Å². The van der Waals surface area contributed by atoms with E-state index < -0.39 is 5.91 Å². The topological polar surface area (TPSA) is 52.3 Å². The van der Waals surface area contributed by atoms with Gasteiger partial charge in [-0.1, -0.05) is 11.6 Å². The highest BCUT2D eigenvalue weighted by atomic mass is 35.5. The number of aryl methyl sites for hydroxylation is 1. The highest BCUT2D eigenvalue weighted by Crippen LogP contribution is 2.25. The lowest BCUT2D eigenvalue weighted by molar-refractivity contribution is 0.1000. The maximum atomic E-state index is 10.9. The molecule has 2 N–H and O–H groups in total. The van der Waals surface area contributed by atoms with Crippen LogP contribution in [0.5, 0.6) is 5.75 Å². The molecule has 1 amide bonds. The molecule has 0 aliphatic rings. The van der Waals surface area contributed by atoms with Gasteiger partial charge in [0.05, 0.1) is 17.7 Å². The van der Waals surface area contributed by atoms with Crippen LogP contribution < -0.4 is 10.5 Å². The molecule has 1 aromatic carbocycles. The lowest BCUT2D eigenvalue weighted by Crippen LogP contribution is -2.12. The third-order valence-electron chi connectivity index (χ3n) is 1.73. The smallest absolute Gasteiger partial charge is 0.250 e. The van der Waals surface area contributed by atoms with E-state index in [2.05, 4.69) is 0 Å². The highest BCUT2D eigenvalue weighted by molar-refractivity contribution is 6.34. The summed E-state index contributed by atoms with van der Waals surface area (Å²) in [6.45, 7) is 1.79. The van der Waals surface area contributed by atoms with Gasteiger partial charge in [-0.3, -0.25) is 4.79 Å². The summed E-state index contributed by atoms with van der Waals surface area (Å²) in [5.74, 6) is 0.0303. The summed E-state index contributed by atoms with van der Waals surface area (Å²) in [6, 6.07) is 3.27. The summed E-state index contributed by atoms with van der Waals surface area (Å²) in [5.41, 5.74) is 6.19. The Kier molecular flexibility index (Phi) is 2.78. The zero-order chi connectivity index (χ0) is 10.0. The second-order valence-electron chi connectivity index (χ2n) is 2.67. The first-order valence-electron chi connectivity index (χ1n) is 3.70. The van der Waals surface area contributed by atoms with Crippen molar-refractivity contribution in [3.8, 4) is 5.75 Å². The van der Waals surface area contributed by atoms with E-state index in [0.29, 0.717) is 16.3 Å². The van der Waals surface area contributed by atoms with Crippen LogP contribution in [0.25, 0.3) is 0 Å². The van der Waals surface area contributed by atoms with E-state index in [4.69, 9.17) is 22.1 Å². The fourth-order valence-corrected chi connectivity index (χ4v) is 1.24. The fourth-order valence-electron chi connectivity index (χ4n) is 1.03. The molecular weight excluding hydrogens is 190 g/mol. The summed E-state index contributed by atoms with van der Waals surface area (Å²) in [4.78, 5) is 10.9. The zero-order valence-electron chi connectivity index (χ0n) is 7.43.